The molecule has 2 unspecified atom stereocenters. The number of carbonyl (C=O) groups is 2. The molecular weight excluding hydrogens is 316 g/mol. The average Bonchev–Trinajstić information content (AvgIpc) is 3.13. The largest absolute Gasteiger partial charge is 0.486 e. The number of primary amides is 1. The summed E-state index contributed by atoms with van der Waals surface area (Å²) in [6.07, 6.45) is 0.564. The first-order chi connectivity index (χ1) is 12.0. The third-order valence-corrected chi connectivity index (χ3v) is 4.56. The first-order valence-corrected chi connectivity index (χ1v) is 8.45. The smallest absolute Gasteiger partial charge is 0.253 e. The van der Waals surface area contributed by atoms with Gasteiger partial charge in [-0.05, 0) is 43.2 Å². The molecule has 0 aliphatic carbocycles. The summed E-state index contributed by atoms with van der Waals surface area (Å²) in [5, 5.41) is 0. The van der Waals surface area contributed by atoms with Crippen LogP contribution in [0.15, 0.2) is 54.6 Å². The standard InChI is InChI=1S/C20H22N2O3/c1-14(15-5-3-2-4-6-15)25-18-9-7-16(8-10-18)20(24)22-12-11-17(13-22)19(21)23/h2-10,14,17H,11-13H2,1H3,(H2,21,23). The van der Waals surface area contributed by atoms with Gasteiger partial charge in [0.1, 0.15) is 11.9 Å². The van der Waals surface area contributed by atoms with Gasteiger partial charge in [0, 0.05) is 18.7 Å². The summed E-state index contributed by atoms with van der Waals surface area (Å²) < 4.78 is 5.92. The van der Waals surface area contributed by atoms with Crippen molar-refractivity contribution in [2.24, 2.45) is 11.7 Å². The van der Waals surface area contributed by atoms with Crippen LogP contribution in [0.3, 0.4) is 0 Å². The Morgan fingerprint density at radius 3 is 2.40 bits per heavy atom. The number of hydrogen-bond donors (Lipinski definition) is 1. The van der Waals surface area contributed by atoms with E-state index in [1.807, 2.05) is 37.3 Å². The van der Waals surface area contributed by atoms with Crippen molar-refractivity contribution in [2.45, 2.75) is 19.4 Å². The Kier molecular flexibility index (Phi) is 5.03. The molecule has 2 aromatic rings. The number of amides is 2. The minimum Gasteiger partial charge on any atom is -0.486 e. The molecule has 1 aliphatic heterocycles. The van der Waals surface area contributed by atoms with Crippen LogP contribution in [0.25, 0.3) is 0 Å². The van der Waals surface area contributed by atoms with Crippen LogP contribution in [0.4, 0.5) is 0 Å². The Bertz CT molecular complexity index is 743. The van der Waals surface area contributed by atoms with Gasteiger partial charge in [-0.3, -0.25) is 9.59 Å². The first kappa shape index (κ1) is 17.0. The van der Waals surface area contributed by atoms with Crippen molar-refractivity contribution in [3.05, 3.63) is 65.7 Å². The summed E-state index contributed by atoms with van der Waals surface area (Å²) >= 11 is 0. The molecule has 0 radical (unpaired) electrons. The average molecular weight is 338 g/mol. The summed E-state index contributed by atoms with van der Waals surface area (Å²) in [6, 6.07) is 17.1. The zero-order chi connectivity index (χ0) is 17.8. The van der Waals surface area contributed by atoms with Crippen LogP contribution in [-0.2, 0) is 4.79 Å². The zero-order valence-electron chi connectivity index (χ0n) is 14.2. The minimum absolute atomic E-state index is 0.0716. The van der Waals surface area contributed by atoms with Gasteiger partial charge in [0.05, 0.1) is 5.92 Å². The molecule has 2 N–H and O–H groups in total. The Morgan fingerprint density at radius 1 is 1.12 bits per heavy atom. The molecule has 5 nitrogen and oxygen atoms in total. The minimum atomic E-state index is -0.339. The topological polar surface area (TPSA) is 72.6 Å². The number of ether oxygens (including phenoxy) is 1. The van der Waals surface area contributed by atoms with Crippen LogP contribution >= 0.6 is 0 Å². The summed E-state index contributed by atoms with van der Waals surface area (Å²) in [4.78, 5) is 25.4. The normalized spacial score (nSPS) is 18.0. The van der Waals surface area contributed by atoms with Gasteiger partial charge in [0.2, 0.25) is 5.91 Å². The van der Waals surface area contributed by atoms with E-state index in [2.05, 4.69) is 0 Å². The monoisotopic (exact) mass is 338 g/mol. The van der Waals surface area contributed by atoms with Crippen LogP contribution in [0.1, 0.15) is 35.4 Å². The Hall–Kier alpha value is -2.82. The van der Waals surface area contributed by atoms with Crippen molar-refractivity contribution in [2.75, 3.05) is 13.1 Å². The molecule has 0 saturated carbocycles. The van der Waals surface area contributed by atoms with E-state index in [9.17, 15) is 9.59 Å². The van der Waals surface area contributed by atoms with Crippen LogP contribution in [0.5, 0.6) is 5.75 Å². The fourth-order valence-corrected chi connectivity index (χ4v) is 3.03. The van der Waals surface area contributed by atoms with E-state index < -0.39 is 0 Å². The second-order valence-corrected chi connectivity index (χ2v) is 6.33. The first-order valence-electron chi connectivity index (χ1n) is 8.45. The maximum atomic E-state index is 12.5. The highest BCUT2D eigenvalue weighted by Gasteiger charge is 2.30. The van der Waals surface area contributed by atoms with E-state index in [-0.39, 0.29) is 23.8 Å². The molecular formula is C20H22N2O3. The summed E-state index contributed by atoms with van der Waals surface area (Å²) in [5.41, 5.74) is 7.00. The van der Waals surface area contributed by atoms with Crippen molar-refractivity contribution < 1.29 is 14.3 Å². The van der Waals surface area contributed by atoms with E-state index in [1.165, 1.54) is 0 Å². The molecule has 25 heavy (non-hydrogen) atoms. The van der Waals surface area contributed by atoms with Gasteiger partial charge in [-0.25, -0.2) is 0 Å². The lowest BCUT2D eigenvalue weighted by molar-refractivity contribution is -0.121. The van der Waals surface area contributed by atoms with E-state index in [0.29, 0.717) is 30.8 Å². The van der Waals surface area contributed by atoms with Crippen molar-refractivity contribution >= 4 is 11.8 Å². The lowest BCUT2D eigenvalue weighted by Crippen LogP contribution is -2.31. The van der Waals surface area contributed by atoms with E-state index >= 15 is 0 Å². The zero-order valence-corrected chi connectivity index (χ0v) is 14.2. The maximum Gasteiger partial charge on any atom is 0.253 e. The molecule has 5 heteroatoms. The number of nitrogens with zero attached hydrogens (tertiary/aromatic N) is 1. The lowest BCUT2D eigenvalue weighted by atomic mass is 10.1. The van der Waals surface area contributed by atoms with Crippen LogP contribution < -0.4 is 10.5 Å². The Balaban J connectivity index is 1.62. The predicted molar refractivity (Wildman–Crippen MR) is 95.1 cm³/mol. The molecule has 1 saturated heterocycles. The number of likely N-dealkylation sites (tertiary alicyclic amines) is 1. The Morgan fingerprint density at radius 2 is 1.80 bits per heavy atom. The summed E-state index contributed by atoms with van der Waals surface area (Å²) in [7, 11) is 0. The molecule has 1 heterocycles. The third kappa shape index (κ3) is 3.99. The SMILES string of the molecule is CC(Oc1ccc(C(=O)N2CCC(C(N)=O)C2)cc1)c1ccccc1. The van der Waals surface area contributed by atoms with Gasteiger partial charge in [0.25, 0.3) is 5.91 Å². The van der Waals surface area contributed by atoms with Gasteiger partial charge in [-0.15, -0.1) is 0 Å². The fourth-order valence-electron chi connectivity index (χ4n) is 3.03. The van der Waals surface area contributed by atoms with Gasteiger partial charge in [0.15, 0.2) is 0 Å². The van der Waals surface area contributed by atoms with Gasteiger partial charge >= 0.3 is 0 Å². The second-order valence-electron chi connectivity index (χ2n) is 6.33. The highest BCUT2D eigenvalue weighted by molar-refractivity contribution is 5.95. The molecule has 2 atom stereocenters. The van der Waals surface area contributed by atoms with E-state index in [4.69, 9.17) is 10.5 Å². The second kappa shape index (κ2) is 7.38. The summed E-state index contributed by atoms with van der Waals surface area (Å²) in [5.74, 6) is 0.0583. The Labute approximate surface area is 147 Å². The van der Waals surface area contributed by atoms with Crippen molar-refractivity contribution in [1.29, 1.82) is 0 Å². The van der Waals surface area contributed by atoms with Crippen LogP contribution in [0, 0.1) is 5.92 Å². The third-order valence-electron chi connectivity index (χ3n) is 4.56. The molecule has 130 valence electrons. The number of hydrogen-bond acceptors (Lipinski definition) is 3. The molecule has 2 aromatic carbocycles. The molecule has 2 amide bonds. The number of nitrogens with two attached hydrogens (primary N) is 1. The quantitative estimate of drug-likeness (QED) is 0.911. The van der Waals surface area contributed by atoms with E-state index in [1.54, 1.807) is 29.2 Å². The van der Waals surface area contributed by atoms with Crippen molar-refractivity contribution in [3.63, 3.8) is 0 Å². The van der Waals surface area contributed by atoms with Crippen molar-refractivity contribution in [1.82, 2.24) is 4.90 Å². The molecule has 3 rings (SSSR count). The van der Waals surface area contributed by atoms with Crippen molar-refractivity contribution in [3.8, 4) is 5.75 Å². The number of benzene rings is 2. The summed E-state index contributed by atoms with van der Waals surface area (Å²) in [6.45, 7) is 2.95. The maximum absolute atomic E-state index is 12.5. The van der Waals surface area contributed by atoms with E-state index in [0.717, 1.165) is 5.56 Å². The molecule has 0 spiro atoms. The lowest BCUT2D eigenvalue weighted by Gasteiger charge is -2.17. The molecule has 0 bridgehead atoms. The highest BCUT2D eigenvalue weighted by Crippen LogP contribution is 2.23. The molecule has 0 aromatic heterocycles. The van der Waals surface area contributed by atoms with Gasteiger partial charge in [-0.1, -0.05) is 30.3 Å². The number of carbonyl (C=O) groups excluding carboxylic acids is 2. The van der Waals surface area contributed by atoms with Gasteiger partial charge < -0.3 is 15.4 Å². The molecule has 1 aliphatic rings. The number of rotatable bonds is 5. The fraction of sp³-hybridized carbons (Fsp3) is 0.300. The van der Waals surface area contributed by atoms with Crippen LogP contribution in [0.2, 0.25) is 0 Å². The van der Waals surface area contributed by atoms with Crippen LogP contribution in [-0.4, -0.2) is 29.8 Å². The predicted octanol–water partition coefficient (Wildman–Crippen LogP) is 2.77. The highest BCUT2D eigenvalue weighted by atomic mass is 16.5. The molecule has 1 fully saturated rings. The van der Waals surface area contributed by atoms with Gasteiger partial charge in [-0.2, -0.15) is 0 Å².